The normalized spacial score (nSPS) is 28.9. The van der Waals surface area contributed by atoms with Gasteiger partial charge in [0.1, 0.15) is 11.0 Å². The Morgan fingerprint density at radius 2 is 2.16 bits per heavy atom. The smallest absolute Gasteiger partial charge is 0.251 e. The van der Waals surface area contributed by atoms with Gasteiger partial charge in [0.25, 0.3) is 5.91 Å². The summed E-state index contributed by atoms with van der Waals surface area (Å²) in [5.41, 5.74) is 2.15. The first-order valence-electron chi connectivity index (χ1n) is 6.64. The molecule has 6 heteroatoms. The molecular weight excluding hydrogens is 242 g/mol. The van der Waals surface area contributed by atoms with Gasteiger partial charge in [-0.3, -0.25) is 4.79 Å². The first-order chi connectivity index (χ1) is 9.29. The molecule has 0 spiro atoms. The zero-order chi connectivity index (χ0) is 12.8. The fourth-order valence-corrected chi connectivity index (χ4v) is 3.25. The average Bonchev–Trinajstić information content (AvgIpc) is 3.13. The van der Waals surface area contributed by atoms with E-state index < -0.39 is 0 Å². The lowest BCUT2D eigenvalue weighted by atomic mass is 10.0. The number of aromatic amines is 1. The summed E-state index contributed by atoms with van der Waals surface area (Å²) >= 11 is 0. The molecule has 1 aromatic carbocycles. The molecule has 1 amide bonds. The number of aromatic nitrogens is 3. The number of carbonyl (C=O) groups excluding carboxylic acids is 1. The number of hydrogen-bond acceptors (Lipinski definition) is 4. The van der Waals surface area contributed by atoms with Crippen LogP contribution in [0.25, 0.3) is 11.0 Å². The maximum atomic E-state index is 12.3. The van der Waals surface area contributed by atoms with Crippen LogP contribution in [-0.4, -0.2) is 39.9 Å². The molecule has 3 unspecified atom stereocenters. The molecule has 2 bridgehead atoms. The highest BCUT2D eigenvalue weighted by Gasteiger charge is 2.40. The van der Waals surface area contributed by atoms with Gasteiger partial charge in [-0.15, -0.1) is 0 Å². The summed E-state index contributed by atoms with van der Waals surface area (Å²) in [7, 11) is 0. The molecule has 1 aromatic heterocycles. The molecule has 2 fully saturated rings. The zero-order valence-corrected chi connectivity index (χ0v) is 10.4. The molecule has 2 aromatic rings. The lowest BCUT2D eigenvalue weighted by Crippen LogP contribution is -2.44. The maximum Gasteiger partial charge on any atom is 0.251 e. The predicted molar refractivity (Wildman–Crippen MR) is 69.7 cm³/mol. The summed E-state index contributed by atoms with van der Waals surface area (Å²) in [5, 5.41) is 17.1. The van der Waals surface area contributed by atoms with Crippen molar-refractivity contribution in [3.63, 3.8) is 0 Å². The number of rotatable bonds is 2. The Morgan fingerprint density at radius 1 is 1.26 bits per heavy atom. The van der Waals surface area contributed by atoms with Crippen LogP contribution in [0.5, 0.6) is 0 Å². The van der Waals surface area contributed by atoms with E-state index in [-0.39, 0.29) is 5.91 Å². The molecule has 19 heavy (non-hydrogen) atoms. The Bertz CT molecular complexity index is 637. The van der Waals surface area contributed by atoms with Crippen molar-refractivity contribution in [1.29, 1.82) is 0 Å². The number of hydrogen-bond donors (Lipinski definition) is 3. The maximum absolute atomic E-state index is 12.3. The molecule has 1 saturated carbocycles. The van der Waals surface area contributed by atoms with E-state index in [0.29, 0.717) is 23.6 Å². The highest BCUT2D eigenvalue weighted by Crippen LogP contribution is 2.31. The number of nitrogens with zero attached hydrogens (tertiary/aromatic N) is 2. The topological polar surface area (TPSA) is 82.7 Å². The van der Waals surface area contributed by atoms with E-state index >= 15 is 0 Å². The Balaban J connectivity index is 1.53. The molecular formula is C13H15N5O. The quantitative estimate of drug-likeness (QED) is 0.729. The first-order valence-corrected chi connectivity index (χ1v) is 6.64. The molecule has 2 heterocycles. The molecule has 1 aliphatic carbocycles. The van der Waals surface area contributed by atoms with Crippen molar-refractivity contribution >= 4 is 16.9 Å². The van der Waals surface area contributed by atoms with Gasteiger partial charge in [0.2, 0.25) is 0 Å². The minimum absolute atomic E-state index is 0.0116. The van der Waals surface area contributed by atoms with Crippen molar-refractivity contribution in [3.8, 4) is 0 Å². The summed E-state index contributed by atoms with van der Waals surface area (Å²) in [4.78, 5) is 12.3. The van der Waals surface area contributed by atoms with Gasteiger partial charge in [0, 0.05) is 24.2 Å². The third-order valence-corrected chi connectivity index (χ3v) is 4.26. The number of nitrogens with one attached hydrogen (secondary N) is 3. The van der Waals surface area contributed by atoms with Gasteiger partial charge in [-0.1, -0.05) is 0 Å². The van der Waals surface area contributed by atoms with Crippen LogP contribution < -0.4 is 10.6 Å². The Kier molecular flexibility index (Phi) is 2.32. The molecule has 3 atom stereocenters. The number of H-pyrrole nitrogens is 1. The van der Waals surface area contributed by atoms with Gasteiger partial charge in [-0.2, -0.15) is 15.4 Å². The van der Waals surface area contributed by atoms with Gasteiger partial charge < -0.3 is 10.6 Å². The van der Waals surface area contributed by atoms with Crippen molar-refractivity contribution in [3.05, 3.63) is 23.8 Å². The summed E-state index contributed by atoms with van der Waals surface area (Å²) in [6, 6.07) is 6.29. The molecule has 1 saturated heterocycles. The third-order valence-electron chi connectivity index (χ3n) is 4.26. The van der Waals surface area contributed by atoms with Crippen molar-refractivity contribution in [2.24, 2.45) is 5.92 Å². The second kappa shape index (κ2) is 4.03. The predicted octanol–water partition coefficient (Wildman–Crippen LogP) is 0.438. The lowest BCUT2D eigenvalue weighted by molar-refractivity contribution is 0.0925. The summed E-state index contributed by atoms with van der Waals surface area (Å²) in [6.07, 6.45) is 2.23. The van der Waals surface area contributed by atoms with E-state index in [1.165, 1.54) is 6.42 Å². The Hall–Kier alpha value is -1.95. The lowest BCUT2D eigenvalue weighted by Gasteiger charge is -2.23. The van der Waals surface area contributed by atoms with E-state index in [0.717, 1.165) is 24.0 Å². The third kappa shape index (κ3) is 1.79. The zero-order valence-electron chi connectivity index (χ0n) is 10.4. The van der Waals surface area contributed by atoms with Crippen LogP contribution in [0.4, 0.5) is 0 Å². The van der Waals surface area contributed by atoms with Crippen LogP contribution in [0, 0.1) is 5.92 Å². The monoisotopic (exact) mass is 257 g/mol. The van der Waals surface area contributed by atoms with Crippen LogP contribution in [-0.2, 0) is 0 Å². The summed E-state index contributed by atoms with van der Waals surface area (Å²) < 4.78 is 0. The standard InChI is InChI=1S/C13H15N5O/c19-13(15-11-5-9-3-8(11)6-14-9)7-1-2-10-12(4-7)17-18-16-10/h1-2,4,8-9,11,14H,3,5-6H2,(H,15,19)(H,16,17,18). The van der Waals surface area contributed by atoms with E-state index in [1.54, 1.807) is 12.1 Å². The van der Waals surface area contributed by atoms with E-state index in [9.17, 15) is 4.79 Å². The van der Waals surface area contributed by atoms with E-state index in [2.05, 4.69) is 26.0 Å². The molecule has 1 aliphatic heterocycles. The number of fused-ring (bicyclic) bond motifs is 3. The Labute approximate surface area is 110 Å². The number of piperidine rings is 1. The SMILES string of the molecule is O=C(NC1CC2CC1CN2)c1ccc2n[nH]nc2c1. The van der Waals surface area contributed by atoms with Crippen molar-refractivity contribution < 1.29 is 4.79 Å². The molecule has 98 valence electrons. The summed E-state index contributed by atoms with van der Waals surface area (Å²) in [6.45, 7) is 1.03. The van der Waals surface area contributed by atoms with Gasteiger partial charge in [-0.25, -0.2) is 0 Å². The minimum atomic E-state index is -0.0116. The van der Waals surface area contributed by atoms with Gasteiger partial charge in [-0.05, 0) is 37.0 Å². The second-order valence-corrected chi connectivity index (χ2v) is 5.44. The van der Waals surface area contributed by atoms with Crippen LogP contribution >= 0.6 is 0 Å². The highest BCUT2D eigenvalue weighted by atomic mass is 16.1. The molecule has 3 N–H and O–H groups in total. The van der Waals surface area contributed by atoms with Crippen LogP contribution in [0.15, 0.2) is 18.2 Å². The van der Waals surface area contributed by atoms with Crippen molar-refractivity contribution in [2.45, 2.75) is 24.9 Å². The largest absolute Gasteiger partial charge is 0.349 e. The fourth-order valence-electron chi connectivity index (χ4n) is 3.25. The molecule has 2 aliphatic rings. The van der Waals surface area contributed by atoms with Crippen LogP contribution in [0.1, 0.15) is 23.2 Å². The number of amides is 1. The Morgan fingerprint density at radius 3 is 2.95 bits per heavy atom. The van der Waals surface area contributed by atoms with Gasteiger partial charge in [0.15, 0.2) is 0 Å². The molecule has 4 rings (SSSR count). The highest BCUT2D eigenvalue weighted by molar-refractivity contribution is 5.97. The molecule has 0 radical (unpaired) electrons. The first kappa shape index (κ1) is 10.9. The minimum Gasteiger partial charge on any atom is -0.349 e. The van der Waals surface area contributed by atoms with Crippen LogP contribution in [0.2, 0.25) is 0 Å². The fraction of sp³-hybridized carbons (Fsp3) is 0.462. The van der Waals surface area contributed by atoms with Crippen molar-refractivity contribution in [2.75, 3.05) is 6.54 Å². The van der Waals surface area contributed by atoms with E-state index in [4.69, 9.17) is 0 Å². The van der Waals surface area contributed by atoms with Gasteiger partial charge in [0.05, 0.1) is 0 Å². The molecule has 6 nitrogen and oxygen atoms in total. The average molecular weight is 257 g/mol. The van der Waals surface area contributed by atoms with Gasteiger partial charge >= 0.3 is 0 Å². The van der Waals surface area contributed by atoms with Crippen LogP contribution in [0.3, 0.4) is 0 Å². The number of carbonyl (C=O) groups is 1. The number of benzene rings is 1. The second-order valence-electron chi connectivity index (χ2n) is 5.44. The van der Waals surface area contributed by atoms with Crippen molar-refractivity contribution in [1.82, 2.24) is 26.0 Å². The summed E-state index contributed by atoms with van der Waals surface area (Å²) in [5.74, 6) is 0.576. The van der Waals surface area contributed by atoms with E-state index in [1.807, 2.05) is 6.07 Å².